The highest BCUT2D eigenvalue weighted by molar-refractivity contribution is 5.97. The highest BCUT2D eigenvalue weighted by atomic mass is 16.4. The Hall–Kier alpha value is -3.04. The average Bonchev–Trinajstić information content (AvgIpc) is 3.30. The molecule has 2 fully saturated rings. The zero-order valence-electron chi connectivity index (χ0n) is 22.4. The number of likely N-dealkylation sites (tertiary alicyclic amines) is 1. The number of carboxylic acids is 1. The van der Waals surface area contributed by atoms with E-state index < -0.39 is 47.2 Å². The van der Waals surface area contributed by atoms with Crippen LogP contribution in [0, 0.1) is 17.3 Å². The Balaban J connectivity index is 1.83. The summed E-state index contributed by atoms with van der Waals surface area (Å²) in [6.07, 6.45) is 11.0. The summed E-state index contributed by atoms with van der Waals surface area (Å²) in [5, 5.41) is 15.6. The van der Waals surface area contributed by atoms with Crippen molar-refractivity contribution in [1.82, 2.24) is 25.5 Å². The summed E-state index contributed by atoms with van der Waals surface area (Å²) < 4.78 is 0. The minimum absolute atomic E-state index is 0.0717. The number of nitrogens with zero attached hydrogens (tertiary/aromatic N) is 3. The molecule has 4 atom stereocenters. The zero-order valence-corrected chi connectivity index (χ0v) is 22.4. The van der Waals surface area contributed by atoms with Gasteiger partial charge in [-0.15, -0.1) is 0 Å². The second kappa shape index (κ2) is 12.5. The lowest BCUT2D eigenvalue weighted by Crippen LogP contribution is -2.61. The molecule has 0 spiro atoms. The molecule has 1 aliphatic carbocycles. The lowest BCUT2D eigenvalue weighted by atomic mass is 9.82. The number of hydrogen-bond acceptors (Lipinski definition) is 6. The highest BCUT2D eigenvalue weighted by Crippen LogP contribution is 2.31. The summed E-state index contributed by atoms with van der Waals surface area (Å²) >= 11 is 0. The minimum Gasteiger partial charge on any atom is -0.480 e. The van der Waals surface area contributed by atoms with Gasteiger partial charge in [0.2, 0.25) is 11.8 Å². The predicted molar refractivity (Wildman–Crippen MR) is 137 cm³/mol. The molecule has 0 aromatic carbocycles. The molecule has 10 heteroatoms. The normalized spacial score (nSPS) is 22.2. The first-order chi connectivity index (χ1) is 17.5. The molecule has 1 saturated heterocycles. The molecule has 1 aliphatic heterocycles. The van der Waals surface area contributed by atoms with Crippen molar-refractivity contribution in [3.63, 3.8) is 0 Å². The number of rotatable bonds is 9. The van der Waals surface area contributed by atoms with Crippen LogP contribution < -0.4 is 10.6 Å². The van der Waals surface area contributed by atoms with Gasteiger partial charge in [-0.3, -0.25) is 19.4 Å². The van der Waals surface area contributed by atoms with Crippen LogP contribution in [-0.4, -0.2) is 68.3 Å². The van der Waals surface area contributed by atoms with Crippen molar-refractivity contribution in [3.8, 4) is 0 Å². The van der Waals surface area contributed by atoms with Gasteiger partial charge in [-0.1, -0.05) is 53.4 Å². The molecule has 1 aromatic rings. The number of hydrogen-bond donors (Lipinski definition) is 3. The average molecular weight is 516 g/mol. The fourth-order valence-electron chi connectivity index (χ4n) is 5.56. The lowest BCUT2D eigenvalue weighted by molar-refractivity contribution is -0.151. The largest absolute Gasteiger partial charge is 0.480 e. The first-order valence-corrected chi connectivity index (χ1v) is 13.4. The van der Waals surface area contributed by atoms with E-state index in [1.54, 1.807) is 0 Å². The molecule has 2 aliphatic rings. The first kappa shape index (κ1) is 28.5. The van der Waals surface area contributed by atoms with Crippen molar-refractivity contribution in [1.29, 1.82) is 0 Å². The molecule has 3 rings (SSSR count). The minimum atomic E-state index is -1.03. The van der Waals surface area contributed by atoms with Crippen molar-refractivity contribution in [2.45, 2.75) is 97.2 Å². The molecule has 3 amide bonds. The van der Waals surface area contributed by atoms with Crippen LogP contribution in [-0.2, 0) is 14.4 Å². The van der Waals surface area contributed by atoms with Crippen LogP contribution in [0.5, 0.6) is 0 Å². The van der Waals surface area contributed by atoms with E-state index in [9.17, 15) is 24.3 Å². The maximum atomic E-state index is 13.8. The Labute approximate surface area is 219 Å². The number of carboxylic acid groups (broad SMARTS) is 1. The van der Waals surface area contributed by atoms with Crippen LogP contribution in [0.4, 0.5) is 0 Å². The number of aliphatic carboxylic acids is 1. The number of nitrogens with one attached hydrogen (secondary N) is 2. The fourth-order valence-corrected chi connectivity index (χ4v) is 5.56. The van der Waals surface area contributed by atoms with Gasteiger partial charge in [0.05, 0.1) is 6.20 Å². The molecule has 0 radical (unpaired) electrons. The van der Waals surface area contributed by atoms with Crippen LogP contribution in [0.1, 0.15) is 89.5 Å². The Kier molecular flexibility index (Phi) is 9.62. The molecule has 10 nitrogen and oxygen atoms in total. The molecule has 37 heavy (non-hydrogen) atoms. The van der Waals surface area contributed by atoms with Gasteiger partial charge >= 0.3 is 5.97 Å². The smallest absolute Gasteiger partial charge is 0.326 e. The Morgan fingerprint density at radius 1 is 1.11 bits per heavy atom. The number of amides is 3. The summed E-state index contributed by atoms with van der Waals surface area (Å²) in [4.78, 5) is 61.8. The van der Waals surface area contributed by atoms with Crippen molar-refractivity contribution in [3.05, 3.63) is 24.3 Å². The number of aromatic nitrogens is 2. The molecule has 0 bridgehead atoms. The van der Waals surface area contributed by atoms with E-state index in [1.165, 1.54) is 23.5 Å². The molecule has 1 saturated carbocycles. The third-order valence-electron chi connectivity index (χ3n) is 7.54. The molecule has 204 valence electrons. The summed E-state index contributed by atoms with van der Waals surface area (Å²) in [5.41, 5.74) is -0.562. The lowest BCUT2D eigenvalue weighted by Gasteiger charge is -2.37. The monoisotopic (exact) mass is 515 g/mol. The van der Waals surface area contributed by atoms with Crippen molar-refractivity contribution in [2.24, 2.45) is 17.3 Å². The van der Waals surface area contributed by atoms with Crippen LogP contribution in [0.3, 0.4) is 0 Å². The molecule has 3 N–H and O–H groups in total. The molecular weight excluding hydrogens is 474 g/mol. The topological polar surface area (TPSA) is 142 Å². The van der Waals surface area contributed by atoms with E-state index in [0.29, 0.717) is 13.0 Å². The van der Waals surface area contributed by atoms with Crippen molar-refractivity contribution in [2.75, 3.05) is 6.54 Å². The molecule has 0 unspecified atom stereocenters. The predicted octanol–water partition coefficient (Wildman–Crippen LogP) is 2.79. The standard InChI is InChI=1S/C27H41N5O5/c1-5-9-17-14-20(26(36)37)32(16-17)25(35)22(27(2,3)4)31-24(34)21(18-10-7-6-8-11-18)30-23(33)19-15-28-12-13-29-19/h12-13,15,17-18,20-22H,5-11,14,16H2,1-4H3,(H,30,33)(H,31,34)(H,36,37)/t17-,20+,21+,22-/m1/s1. The van der Waals surface area contributed by atoms with Gasteiger partial charge in [-0.05, 0) is 42.9 Å². The molecular formula is C27H41N5O5. The number of carbonyl (C=O) groups is 4. The van der Waals surface area contributed by atoms with Gasteiger partial charge in [-0.25, -0.2) is 9.78 Å². The van der Waals surface area contributed by atoms with E-state index in [4.69, 9.17) is 0 Å². The second-order valence-corrected chi connectivity index (χ2v) is 11.5. The van der Waals surface area contributed by atoms with Gasteiger partial charge in [0.1, 0.15) is 23.8 Å². The van der Waals surface area contributed by atoms with E-state index in [0.717, 1.165) is 44.9 Å². The fraction of sp³-hybridized carbons (Fsp3) is 0.704. The van der Waals surface area contributed by atoms with Gasteiger partial charge in [0.15, 0.2) is 0 Å². The van der Waals surface area contributed by atoms with Gasteiger partial charge in [-0.2, -0.15) is 0 Å². The summed E-state index contributed by atoms with van der Waals surface area (Å²) in [6, 6.07) is -2.69. The summed E-state index contributed by atoms with van der Waals surface area (Å²) in [6.45, 7) is 7.94. The van der Waals surface area contributed by atoms with E-state index in [2.05, 4.69) is 20.6 Å². The van der Waals surface area contributed by atoms with Gasteiger partial charge in [0, 0.05) is 18.9 Å². The Morgan fingerprint density at radius 3 is 2.38 bits per heavy atom. The van der Waals surface area contributed by atoms with Crippen LogP contribution in [0.2, 0.25) is 0 Å². The van der Waals surface area contributed by atoms with E-state index in [-0.39, 0.29) is 17.5 Å². The van der Waals surface area contributed by atoms with Gasteiger partial charge < -0.3 is 20.6 Å². The first-order valence-electron chi connectivity index (χ1n) is 13.4. The highest BCUT2D eigenvalue weighted by Gasteiger charge is 2.45. The van der Waals surface area contributed by atoms with Crippen molar-refractivity contribution < 1.29 is 24.3 Å². The van der Waals surface area contributed by atoms with Crippen molar-refractivity contribution >= 4 is 23.7 Å². The molecule has 2 heterocycles. The summed E-state index contributed by atoms with van der Waals surface area (Å²) in [7, 11) is 0. The van der Waals surface area contributed by atoms with Crippen LogP contribution >= 0.6 is 0 Å². The Morgan fingerprint density at radius 2 is 1.81 bits per heavy atom. The maximum Gasteiger partial charge on any atom is 0.326 e. The van der Waals surface area contributed by atoms with Crippen LogP contribution in [0.15, 0.2) is 18.6 Å². The maximum absolute atomic E-state index is 13.8. The number of carbonyl (C=O) groups excluding carboxylic acids is 3. The quantitative estimate of drug-likeness (QED) is 0.459. The van der Waals surface area contributed by atoms with E-state index >= 15 is 0 Å². The SMILES string of the molecule is CCC[C@@H]1C[C@@H](C(=O)O)N(C(=O)[C@@H](NC(=O)[C@@H](NC(=O)c2cnccn2)C2CCCCC2)C(C)(C)C)C1. The zero-order chi connectivity index (χ0) is 27.2. The third-order valence-corrected chi connectivity index (χ3v) is 7.54. The second-order valence-electron chi connectivity index (χ2n) is 11.5. The molecule has 1 aromatic heterocycles. The van der Waals surface area contributed by atoms with E-state index in [1.807, 2.05) is 27.7 Å². The third kappa shape index (κ3) is 7.26. The summed E-state index contributed by atoms with van der Waals surface area (Å²) in [5.74, 6) is -2.30. The van der Waals surface area contributed by atoms with Crippen LogP contribution in [0.25, 0.3) is 0 Å². The Bertz CT molecular complexity index is 958. The van der Waals surface area contributed by atoms with Gasteiger partial charge in [0.25, 0.3) is 5.91 Å².